The first kappa shape index (κ1) is 11.9. The highest BCUT2D eigenvalue weighted by Crippen LogP contribution is 2.08. The van der Waals surface area contributed by atoms with Crippen molar-refractivity contribution in [3.63, 3.8) is 0 Å². The maximum atomic E-state index is 5.61. The smallest absolute Gasteiger partial charge is 0.0101 e. The Hall–Kier alpha value is -0.0800. The summed E-state index contributed by atoms with van der Waals surface area (Å²) in [5.74, 6) is 0.604. The van der Waals surface area contributed by atoms with Gasteiger partial charge in [-0.2, -0.15) is 0 Å². The van der Waals surface area contributed by atoms with E-state index in [1.165, 1.54) is 19.4 Å². The molecule has 0 saturated carbocycles. The van der Waals surface area contributed by atoms with Crippen molar-refractivity contribution in [2.75, 3.05) is 20.1 Å². The van der Waals surface area contributed by atoms with Crippen LogP contribution in [-0.2, 0) is 0 Å². The Morgan fingerprint density at radius 3 is 2.33 bits per heavy atom. The molecule has 0 aromatic carbocycles. The summed E-state index contributed by atoms with van der Waals surface area (Å²) in [6.07, 6.45) is 2.56. The van der Waals surface area contributed by atoms with Gasteiger partial charge in [-0.3, -0.25) is 0 Å². The van der Waals surface area contributed by atoms with Crippen LogP contribution in [0.3, 0.4) is 0 Å². The summed E-state index contributed by atoms with van der Waals surface area (Å²) in [6, 6.07) is 0.613. The Morgan fingerprint density at radius 1 is 1.33 bits per heavy atom. The van der Waals surface area contributed by atoms with E-state index in [4.69, 9.17) is 5.73 Å². The maximum Gasteiger partial charge on any atom is 0.0101 e. The Kier molecular flexibility index (Phi) is 6.39. The fourth-order valence-corrected chi connectivity index (χ4v) is 1.24. The molecule has 0 fully saturated rings. The fraction of sp³-hybridized carbons (Fsp3) is 1.00. The van der Waals surface area contributed by atoms with Crippen molar-refractivity contribution in [3.8, 4) is 0 Å². The van der Waals surface area contributed by atoms with Gasteiger partial charge in [0.05, 0.1) is 0 Å². The van der Waals surface area contributed by atoms with E-state index in [2.05, 4.69) is 32.7 Å². The van der Waals surface area contributed by atoms with Gasteiger partial charge in [0.25, 0.3) is 0 Å². The van der Waals surface area contributed by atoms with Gasteiger partial charge in [0.1, 0.15) is 0 Å². The lowest BCUT2D eigenvalue weighted by atomic mass is 10.0. The van der Waals surface area contributed by atoms with Crippen LogP contribution in [0, 0.1) is 5.92 Å². The van der Waals surface area contributed by atoms with E-state index >= 15 is 0 Å². The molecule has 0 saturated heterocycles. The van der Waals surface area contributed by atoms with Gasteiger partial charge in [-0.05, 0) is 39.4 Å². The molecule has 12 heavy (non-hydrogen) atoms. The molecule has 0 radical (unpaired) electrons. The Bertz CT molecular complexity index is 104. The molecule has 2 atom stereocenters. The SMILES string of the molecule is CCCCN(C)C(C)C(C)CN. The van der Waals surface area contributed by atoms with Crippen LogP contribution in [0.25, 0.3) is 0 Å². The van der Waals surface area contributed by atoms with Gasteiger partial charge in [0.15, 0.2) is 0 Å². The minimum Gasteiger partial charge on any atom is -0.330 e. The maximum absolute atomic E-state index is 5.61. The van der Waals surface area contributed by atoms with E-state index < -0.39 is 0 Å². The van der Waals surface area contributed by atoms with Gasteiger partial charge in [0, 0.05) is 6.04 Å². The predicted octanol–water partition coefficient (Wildman–Crippen LogP) is 1.70. The molecule has 2 heteroatoms. The third kappa shape index (κ3) is 4.07. The molecule has 0 aliphatic carbocycles. The van der Waals surface area contributed by atoms with Crippen LogP contribution >= 0.6 is 0 Å². The third-order valence-electron chi connectivity index (χ3n) is 2.75. The zero-order valence-corrected chi connectivity index (χ0v) is 9.01. The lowest BCUT2D eigenvalue weighted by Gasteiger charge is -2.28. The minimum absolute atomic E-state index is 0.604. The molecule has 0 aromatic heterocycles. The van der Waals surface area contributed by atoms with Crippen molar-refractivity contribution in [2.45, 2.75) is 39.7 Å². The Balaban J connectivity index is 3.67. The lowest BCUT2D eigenvalue weighted by Crippen LogP contribution is -2.38. The molecule has 0 amide bonds. The van der Waals surface area contributed by atoms with Crippen LogP contribution in [-0.4, -0.2) is 31.1 Å². The Morgan fingerprint density at radius 2 is 1.92 bits per heavy atom. The predicted molar refractivity (Wildman–Crippen MR) is 55.2 cm³/mol. The average molecular weight is 172 g/mol. The van der Waals surface area contributed by atoms with E-state index in [9.17, 15) is 0 Å². The van der Waals surface area contributed by atoms with Gasteiger partial charge >= 0.3 is 0 Å². The summed E-state index contributed by atoms with van der Waals surface area (Å²) in [7, 11) is 2.19. The molecule has 74 valence electrons. The molecule has 0 aromatic rings. The van der Waals surface area contributed by atoms with E-state index in [0.717, 1.165) is 6.54 Å². The minimum atomic E-state index is 0.604. The summed E-state index contributed by atoms with van der Waals surface area (Å²) in [5, 5.41) is 0. The molecule has 2 unspecified atom stereocenters. The largest absolute Gasteiger partial charge is 0.330 e. The molecular weight excluding hydrogens is 148 g/mol. The van der Waals surface area contributed by atoms with Crippen molar-refractivity contribution < 1.29 is 0 Å². The lowest BCUT2D eigenvalue weighted by molar-refractivity contribution is 0.200. The summed E-state index contributed by atoms with van der Waals surface area (Å²) in [4.78, 5) is 2.40. The molecular formula is C10H24N2. The quantitative estimate of drug-likeness (QED) is 0.661. The molecule has 0 aliphatic rings. The second-order valence-electron chi connectivity index (χ2n) is 3.79. The first-order valence-corrected chi connectivity index (χ1v) is 5.03. The molecule has 0 bridgehead atoms. The first-order chi connectivity index (χ1) is 5.63. The summed E-state index contributed by atoms with van der Waals surface area (Å²) < 4.78 is 0. The number of unbranched alkanes of at least 4 members (excludes halogenated alkanes) is 1. The van der Waals surface area contributed by atoms with E-state index in [1.54, 1.807) is 0 Å². The monoisotopic (exact) mass is 172 g/mol. The van der Waals surface area contributed by atoms with E-state index in [-0.39, 0.29) is 0 Å². The highest BCUT2D eigenvalue weighted by atomic mass is 15.1. The van der Waals surface area contributed by atoms with Gasteiger partial charge in [-0.1, -0.05) is 20.3 Å². The normalized spacial score (nSPS) is 16.5. The van der Waals surface area contributed by atoms with Crippen molar-refractivity contribution in [2.24, 2.45) is 11.7 Å². The second-order valence-corrected chi connectivity index (χ2v) is 3.79. The third-order valence-corrected chi connectivity index (χ3v) is 2.75. The van der Waals surface area contributed by atoms with Crippen LogP contribution in [0.4, 0.5) is 0 Å². The van der Waals surface area contributed by atoms with Crippen LogP contribution < -0.4 is 5.73 Å². The Labute approximate surface area is 77.1 Å². The summed E-state index contributed by atoms with van der Waals surface area (Å²) >= 11 is 0. The number of rotatable bonds is 6. The zero-order valence-electron chi connectivity index (χ0n) is 9.01. The number of hydrogen-bond donors (Lipinski definition) is 1. The number of nitrogens with two attached hydrogens (primary N) is 1. The van der Waals surface area contributed by atoms with Crippen molar-refractivity contribution in [3.05, 3.63) is 0 Å². The van der Waals surface area contributed by atoms with Gasteiger partial charge in [-0.15, -0.1) is 0 Å². The van der Waals surface area contributed by atoms with E-state index in [0.29, 0.717) is 12.0 Å². The standard InChI is InChI=1S/C10H24N2/c1-5-6-7-12(4)10(3)9(2)8-11/h9-10H,5-8,11H2,1-4H3. The number of hydrogen-bond acceptors (Lipinski definition) is 2. The van der Waals surface area contributed by atoms with E-state index in [1.807, 2.05) is 0 Å². The van der Waals surface area contributed by atoms with Gasteiger partial charge < -0.3 is 10.6 Å². The molecule has 0 rings (SSSR count). The topological polar surface area (TPSA) is 29.3 Å². The van der Waals surface area contributed by atoms with Crippen molar-refractivity contribution in [1.29, 1.82) is 0 Å². The van der Waals surface area contributed by atoms with Gasteiger partial charge in [-0.25, -0.2) is 0 Å². The molecule has 0 aliphatic heterocycles. The zero-order chi connectivity index (χ0) is 9.56. The molecule has 0 heterocycles. The fourth-order valence-electron chi connectivity index (χ4n) is 1.24. The highest BCUT2D eigenvalue weighted by Gasteiger charge is 2.14. The number of nitrogens with zero attached hydrogens (tertiary/aromatic N) is 1. The second kappa shape index (κ2) is 6.44. The first-order valence-electron chi connectivity index (χ1n) is 5.03. The molecule has 0 spiro atoms. The molecule has 2 N–H and O–H groups in total. The van der Waals surface area contributed by atoms with Crippen LogP contribution in [0.1, 0.15) is 33.6 Å². The summed E-state index contributed by atoms with van der Waals surface area (Å²) in [5.41, 5.74) is 5.61. The highest BCUT2D eigenvalue weighted by molar-refractivity contribution is 4.70. The van der Waals surface area contributed by atoms with Gasteiger partial charge in [0.2, 0.25) is 0 Å². The van der Waals surface area contributed by atoms with Crippen molar-refractivity contribution >= 4 is 0 Å². The average Bonchev–Trinajstić information content (AvgIpc) is 2.11. The van der Waals surface area contributed by atoms with Crippen LogP contribution in [0.2, 0.25) is 0 Å². The van der Waals surface area contributed by atoms with Crippen LogP contribution in [0.5, 0.6) is 0 Å². The van der Waals surface area contributed by atoms with Crippen molar-refractivity contribution in [1.82, 2.24) is 4.90 Å². The van der Waals surface area contributed by atoms with Crippen LogP contribution in [0.15, 0.2) is 0 Å². The molecule has 2 nitrogen and oxygen atoms in total. The summed E-state index contributed by atoms with van der Waals surface area (Å²) in [6.45, 7) is 8.69.